The number of aliphatic hydroxyl groups is 1. The zero-order chi connectivity index (χ0) is 14.8. The third kappa shape index (κ3) is 2.91. The molecule has 1 aromatic carbocycles. The molecule has 3 unspecified atom stereocenters. The van der Waals surface area contributed by atoms with E-state index in [9.17, 15) is 4.79 Å². The smallest absolute Gasteiger partial charge is 0.230 e. The number of anilines is 1. The summed E-state index contributed by atoms with van der Waals surface area (Å²) in [4.78, 5) is 14.9. The van der Waals surface area contributed by atoms with E-state index in [0.717, 1.165) is 43.6 Å². The summed E-state index contributed by atoms with van der Waals surface area (Å²) in [5.41, 5.74) is 2.23. The molecule has 0 saturated carbocycles. The molecule has 2 heterocycles. The zero-order valence-electron chi connectivity index (χ0n) is 12.6. The summed E-state index contributed by atoms with van der Waals surface area (Å²) in [6, 6.07) is 8.47. The van der Waals surface area contributed by atoms with E-state index in [1.54, 1.807) is 0 Å². The minimum Gasteiger partial charge on any atom is -0.396 e. The zero-order valence-corrected chi connectivity index (χ0v) is 12.6. The number of amides is 1. The average Bonchev–Trinajstić information content (AvgIpc) is 2.94. The molecule has 1 amide bonds. The highest BCUT2D eigenvalue weighted by atomic mass is 16.3. The number of nitrogens with one attached hydrogen (secondary N) is 1. The molecule has 21 heavy (non-hydrogen) atoms. The van der Waals surface area contributed by atoms with Crippen LogP contribution in [0.5, 0.6) is 0 Å². The van der Waals surface area contributed by atoms with E-state index in [0.29, 0.717) is 12.0 Å². The van der Waals surface area contributed by atoms with Gasteiger partial charge in [0.2, 0.25) is 5.91 Å². The number of hydrogen-bond acceptors (Lipinski definition) is 3. The van der Waals surface area contributed by atoms with Gasteiger partial charge in [0.25, 0.3) is 0 Å². The van der Waals surface area contributed by atoms with Gasteiger partial charge in [0.05, 0.1) is 5.92 Å². The monoisotopic (exact) mass is 288 g/mol. The summed E-state index contributed by atoms with van der Waals surface area (Å²) in [5, 5.41) is 12.5. The molecule has 4 nitrogen and oxygen atoms in total. The van der Waals surface area contributed by atoms with Gasteiger partial charge in [-0.05, 0) is 43.7 Å². The first-order valence-electron chi connectivity index (χ1n) is 7.94. The van der Waals surface area contributed by atoms with Crippen LogP contribution < -0.4 is 5.32 Å². The van der Waals surface area contributed by atoms with Crippen molar-refractivity contribution < 1.29 is 9.90 Å². The number of nitrogens with zero attached hydrogens (tertiary/aromatic N) is 1. The largest absolute Gasteiger partial charge is 0.396 e. The highest BCUT2D eigenvalue weighted by Crippen LogP contribution is 2.36. The number of hydrogen-bond donors (Lipinski definition) is 2. The van der Waals surface area contributed by atoms with Gasteiger partial charge in [-0.3, -0.25) is 4.79 Å². The maximum Gasteiger partial charge on any atom is 0.230 e. The number of likely N-dealkylation sites (tertiary alicyclic amines) is 1. The van der Waals surface area contributed by atoms with Gasteiger partial charge in [-0.2, -0.15) is 0 Å². The fraction of sp³-hybridized carbons (Fsp3) is 0.588. The molecule has 0 spiro atoms. The molecule has 3 rings (SSSR count). The van der Waals surface area contributed by atoms with Crippen LogP contribution in [0.15, 0.2) is 24.3 Å². The molecule has 4 heteroatoms. The second-order valence-electron chi connectivity index (χ2n) is 6.37. The van der Waals surface area contributed by atoms with Gasteiger partial charge in [-0.1, -0.05) is 18.2 Å². The van der Waals surface area contributed by atoms with Gasteiger partial charge in [0.15, 0.2) is 0 Å². The van der Waals surface area contributed by atoms with E-state index in [4.69, 9.17) is 5.11 Å². The minimum absolute atomic E-state index is 0.0228. The van der Waals surface area contributed by atoms with Gasteiger partial charge < -0.3 is 15.3 Å². The topological polar surface area (TPSA) is 52.6 Å². The Morgan fingerprint density at radius 1 is 1.43 bits per heavy atom. The maximum absolute atomic E-state index is 12.9. The van der Waals surface area contributed by atoms with Gasteiger partial charge in [0.1, 0.15) is 0 Å². The van der Waals surface area contributed by atoms with E-state index in [1.165, 1.54) is 0 Å². The van der Waals surface area contributed by atoms with Gasteiger partial charge in [0, 0.05) is 31.4 Å². The Kier molecular flexibility index (Phi) is 4.15. The van der Waals surface area contributed by atoms with E-state index < -0.39 is 0 Å². The second kappa shape index (κ2) is 6.06. The summed E-state index contributed by atoms with van der Waals surface area (Å²) in [7, 11) is 0. The molecule has 1 saturated heterocycles. The Morgan fingerprint density at radius 3 is 3.05 bits per heavy atom. The molecular formula is C17H24N2O2. The van der Waals surface area contributed by atoms with E-state index in [2.05, 4.69) is 24.4 Å². The van der Waals surface area contributed by atoms with Gasteiger partial charge >= 0.3 is 0 Å². The summed E-state index contributed by atoms with van der Waals surface area (Å²) in [6.45, 7) is 4.00. The number of fused-ring (bicyclic) bond motifs is 1. The minimum atomic E-state index is -0.0228. The van der Waals surface area contributed by atoms with Crippen molar-refractivity contribution in [2.75, 3.05) is 25.0 Å². The third-order valence-corrected chi connectivity index (χ3v) is 4.76. The lowest BCUT2D eigenvalue weighted by atomic mass is 9.86. The van der Waals surface area contributed by atoms with E-state index >= 15 is 0 Å². The van der Waals surface area contributed by atoms with Crippen molar-refractivity contribution >= 4 is 11.6 Å². The highest BCUT2D eigenvalue weighted by Gasteiger charge is 2.35. The first-order valence-corrected chi connectivity index (χ1v) is 7.94. The molecule has 1 fully saturated rings. The molecule has 1 aromatic rings. The lowest BCUT2D eigenvalue weighted by Gasteiger charge is -2.33. The Balaban J connectivity index is 1.76. The molecule has 0 radical (unpaired) electrons. The molecule has 3 atom stereocenters. The van der Waals surface area contributed by atoms with E-state index in [1.807, 2.05) is 17.0 Å². The van der Waals surface area contributed by atoms with Crippen LogP contribution in [0.25, 0.3) is 0 Å². The van der Waals surface area contributed by atoms with Crippen LogP contribution in [0, 0.1) is 5.92 Å². The Morgan fingerprint density at radius 2 is 2.24 bits per heavy atom. The van der Waals surface area contributed by atoms with Crippen molar-refractivity contribution in [2.24, 2.45) is 5.92 Å². The number of carbonyl (C=O) groups excluding carboxylic acids is 1. The van der Waals surface area contributed by atoms with Crippen molar-refractivity contribution in [2.45, 2.75) is 38.1 Å². The molecule has 2 aliphatic heterocycles. The molecular weight excluding hydrogens is 264 g/mol. The molecule has 114 valence electrons. The summed E-state index contributed by atoms with van der Waals surface area (Å²) >= 11 is 0. The first-order chi connectivity index (χ1) is 10.2. The SMILES string of the molecule is CC1CC(C(=O)N2CCC(CCO)C2)c2ccccc2N1. The molecule has 0 bridgehead atoms. The predicted octanol–water partition coefficient (Wildman–Crippen LogP) is 2.21. The molecule has 2 aliphatic rings. The van der Waals surface area contributed by atoms with Crippen molar-refractivity contribution in [3.8, 4) is 0 Å². The molecule has 0 aromatic heterocycles. The molecule has 2 N–H and O–H groups in total. The summed E-state index contributed by atoms with van der Waals surface area (Å²) < 4.78 is 0. The Hall–Kier alpha value is -1.55. The van der Waals surface area contributed by atoms with Crippen molar-refractivity contribution in [3.63, 3.8) is 0 Å². The van der Waals surface area contributed by atoms with Crippen LogP contribution in [-0.2, 0) is 4.79 Å². The highest BCUT2D eigenvalue weighted by molar-refractivity contribution is 5.86. The van der Waals surface area contributed by atoms with Crippen LogP contribution >= 0.6 is 0 Å². The van der Waals surface area contributed by atoms with Crippen LogP contribution in [0.2, 0.25) is 0 Å². The quantitative estimate of drug-likeness (QED) is 0.896. The fourth-order valence-corrected chi connectivity index (χ4v) is 3.64. The van der Waals surface area contributed by atoms with Crippen molar-refractivity contribution in [1.29, 1.82) is 0 Å². The summed E-state index contributed by atoms with van der Waals surface area (Å²) in [6.07, 6.45) is 2.69. The molecule has 0 aliphatic carbocycles. The van der Waals surface area contributed by atoms with Crippen LogP contribution in [0.1, 0.15) is 37.7 Å². The van der Waals surface area contributed by atoms with Crippen LogP contribution in [0.3, 0.4) is 0 Å². The number of carbonyl (C=O) groups is 1. The lowest BCUT2D eigenvalue weighted by Crippen LogP contribution is -2.38. The standard InChI is InChI=1S/C17H24N2O2/c1-12-10-15(14-4-2-3-5-16(14)18-12)17(21)19-8-6-13(11-19)7-9-20/h2-5,12-13,15,18,20H,6-11H2,1H3. The lowest BCUT2D eigenvalue weighted by molar-refractivity contribution is -0.132. The summed E-state index contributed by atoms with van der Waals surface area (Å²) in [5.74, 6) is 0.704. The number of para-hydroxylation sites is 1. The first kappa shape index (κ1) is 14.4. The van der Waals surface area contributed by atoms with Crippen molar-refractivity contribution in [3.05, 3.63) is 29.8 Å². The average molecular weight is 288 g/mol. The predicted molar refractivity (Wildman–Crippen MR) is 83.3 cm³/mol. The Bertz CT molecular complexity index is 517. The maximum atomic E-state index is 12.9. The fourth-order valence-electron chi connectivity index (χ4n) is 3.64. The Labute approximate surface area is 126 Å². The van der Waals surface area contributed by atoms with E-state index in [-0.39, 0.29) is 18.4 Å². The van der Waals surface area contributed by atoms with Crippen LogP contribution in [-0.4, -0.2) is 41.7 Å². The van der Waals surface area contributed by atoms with Crippen molar-refractivity contribution in [1.82, 2.24) is 4.90 Å². The van der Waals surface area contributed by atoms with Gasteiger partial charge in [-0.25, -0.2) is 0 Å². The number of rotatable bonds is 3. The second-order valence-corrected chi connectivity index (χ2v) is 6.37. The normalized spacial score (nSPS) is 28.1. The van der Waals surface area contributed by atoms with Crippen LogP contribution in [0.4, 0.5) is 5.69 Å². The number of aliphatic hydroxyl groups excluding tert-OH is 1. The van der Waals surface area contributed by atoms with Gasteiger partial charge in [-0.15, -0.1) is 0 Å². The number of benzene rings is 1. The third-order valence-electron chi connectivity index (χ3n) is 4.76.